The second-order valence-corrected chi connectivity index (χ2v) is 6.16. The van der Waals surface area contributed by atoms with E-state index in [4.69, 9.17) is 0 Å². The Hall–Kier alpha value is -0.930. The highest BCUT2D eigenvalue weighted by molar-refractivity contribution is 5.25. The summed E-state index contributed by atoms with van der Waals surface area (Å²) in [6, 6.07) is 7.23. The number of hydrogen-bond acceptors (Lipinski definition) is 2. The van der Waals surface area contributed by atoms with Crippen LogP contribution in [0.5, 0.6) is 0 Å². The number of benzene rings is 1. The molecule has 0 radical (unpaired) electrons. The van der Waals surface area contributed by atoms with Crippen LogP contribution >= 0.6 is 0 Å². The van der Waals surface area contributed by atoms with Gasteiger partial charge in [-0.3, -0.25) is 0 Å². The van der Waals surface area contributed by atoms with Gasteiger partial charge in [-0.2, -0.15) is 0 Å². The molecule has 1 unspecified atom stereocenters. The summed E-state index contributed by atoms with van der Waals surface area (Å²) in [5.74, 6) is -0.0997. The highest BCUT2D eigenvalue weighted by atomic mass is 19.1. The molecule has 1 aromatic rings. The Bertz CT molecular complexity index is 423. The molecule has 1 fully saturated rings. The van der Waals surface area contributed by atoms with Crippen LogP contribution in [0, 0.1) is 5.82 Å². The molecular weight excluding hydrogens is 251 g/mol. The first-order valence-electron chi connectivity index (χ1n) is 7.71. The van der Waals surface area contributed by atoms with Crippen molar-refractivity contribution in [1.29, 1.82) is 0 Å². The molecule has 20 heavy (non-hydrogen) atoms. The van der Waals surface area contributed by atoms with Gasteiger partial charge in [0.25, 0.3) is 0 Å². The molecule has 1 atom stereocenters. The van der Waals surface area contributed by atoms with E-state index in [9.17, 15) is 4.39 Å². The van der Waals surface area contributed by atoms with Crippen LogP contribution in [0.15, 0.2) is 24.3 Å². The van der Waals surface area contributed by atoms with E-state index in [1.807, 2.05) is 19.2 Å². The molecule has 0 saturated heterocycles. The molecule has 1 saturated carbocycles. The molecule has 2 nitrogen and oxygen atoms in total. The monoisotopic (exact) mass is 278 g/mol. The molecule has 1 aromatic carbocycles. The second-order valence-electron chi connectivity index (χ2n) is 6.16. The zero-order valence-corrected chi connectivity index (χ0v) is 13.0. The maximum atomic E-state index is 14.3. The summed E-state index contributed by atoms with van der Waals surface area (Å²) in [4.78, 5) is 2.31. The minimum Gasteiger partial charge on any atom is -0.311 e. The van der Waals surface area contributed by atoms with Gasteiger partial charge in [-0.25, -0.2) is 4.39 Å². The van der Waals surface area contributed by atoms with E-state index in [-0.39, 0.29) is 17.4 Å². The van der Waals surface area contributed by atoms with Gasteiger partial charge in [0.15, 0.2) is 0 Å². The molecule has 2 rings (SSSR count). The fraction of sp³-hybridized carbons (Fsp3) is 0.647. The molecule has 0 aromatic heterocycles. The summed E-state index contributed by atoms with van der Waals surface area (Å²) in [7, 11) is 6.22. The Balaban J connectivity index is 2.42. The van der Waals surface area contributed by atoms with Crippen LogP contribution < -0.4 is 5.32 Å². The summed E-state index contributed by atoms with van der Waals surface area (Å²) in [5, 5.41) is 3.40. The molecule has 0 aliphatic heterocycles. The van der Waals surface area contributed by atoms with E-state index in [0.29, 0.717) is 0 Å². The van der Waals surface area contributed by atoms with Gasteiger partial charge in [-0.05, 0) is 40.1 Å². The first-order chi connectivity index (χ1) is 9.62. The van der Waals surface area contributed by atoms with Gasteiger partial charge in [-0.1, -0.05) is 43.9 Å². The summed E-state index contributed by atoms with van der Waals surface area (Å²) >= 11 is 0. The fourth-order valence-corrected chi connectivity index (χ4v) is 3.76. The molecule has 1 aliphatic rings. The molecule has 0 heterocycles. The lowest BCUT2D eigenvalue weighted by molar-refractivity contribution is 0.0819. The van der Waals surface area contributed by atoms with Gasteiger partial charge in [0.1, 0.15) is 5.82 Å². The average Bonchev–Trinajstić information content (AvgIpc) is 2.69. The standard InChI is InChI=1S/C17H27FN2/c1-19-16(14-10-6-7-11-15(14)18)17(20(2)3)12-8-4-5-9-13-17/h6-7,10-11,16,19H,4-5,8-9,12-13H2,1-3H3. The zero-order chi connectivity index (χ0) is 14.6. The average molecular weight is 278 g/mol. The van der Waals surface area contributed by atoms with E-state index in [1.165, 1.54) is 25.7 Å². The third-order valence-corrected chi connectivity index (χ3v) is 4.90. The van der Waals surface area contributed by atoms with Crippen molar-refractivity contribution in [3.8, 4) is 0 Å². The molecule has 1 N–H and O–H groups in total. The number of nitrogens with one attached hydrogen (secondary N) is 1. The number of halogens is 1. The Morgan fingerprint density at radius 1 is 1.10 bits per heavy atom. The smallest absolute Gasteiger partial charge is 0.128 e. The van der Waals surface area contributed by atoms with Crippen molar-refractivity contribution in [2.24, 2.45) is 0 Å². The van der Waals surface area contributed by atoms with E-state index in [1.54, 1.807) is 12.1 Å². The highest BCUT2D eigenvalue weighted by Gasteiger charge is 2.41. The van der Waals surface area contributed by atoms with Crippen molar-refractivity contribution in [2.45, 2.75) is 50.1 Å². The van der Waals surface area contributed by atoms with Gasteiger partial charge in [0, 0.05) is 11.1 Å². The van der Waals surface area contributed by atoms with Crippen molar-refractivity contribution >= 4 is 0 Å². The van der Waals surface area contributed by atoms with E-state index < -0.39 is 0 Å². The summed E-state index contributed by atoms with van der Waals surface area (Å²) in [6.07, 6.45) is 7.29. The maximum absolute atomic E-state index is 14.3. The SMILES string of the molecule is CNC(c1ccccc1F)C1(N(C)C)CCCCCC1. The topological polar surface area (TPSA) is 15.3 Å². The molecule has 1 aliphatic carbocycles. The number of likely N-dealkylation sites (N-methyl/N-ethyl adjacent to an activating group) is 2. The number of rotatable bonds is 4. The Morgan fingerprint density at radius 3 is 2.20 bits per heavy atom. The molecule has 0 amide bonds. The molecule has 0 bridgehead atoms. The Labute approximate surface area is 122 Å². The van der Waals surface area contributed by atoms with Gasteiger partial charge in [-0.15, -0.1) is 0 Å². The van der Waals surface area contributed by atoms with Crippen LogP contribution in [0.3, 0.4) is 0 Å². The van der Waals surface area contributed by atoms with Crippen molar-refractivity contribution in [1.82, 2.24) is 10.2 Å². The van der Waals surface area contributed by atoms with Gasteiger partial charge >= 0.3 is 0 Å². The predicted molar refractivity (Wildman–Crippen MR) is 82.3 cm³/mol. The molecular formula is C17H27FN2. The lowest BCUT2D eigenvalue weighted by Gasteiger charge is -2.46. The highest BCUT2D eigenvalue weighted by Crippen LogP contribution is 2.41. The van der Waals surface area contributed by atoms with Crippen LogP contribution in [-0.4, -0.2) is 31.6 Å². The van der Waals surface area contributed by atoms with Gasteiger partial charge < -0.3 is 10.2 Å². The largest absolute Gasteiger partial charge is 0.311 e. The van der Waals surface area contributed by atoms with Crippen molar-refractivity contribution in [2.75, 3.05) is 21.1 Å². The number of hydrogen-bond donors (Lipinski definition) is 1. The second kappa shape index (κ2) is 6.68. The Morgan fingerprint density at radius 2 is 1.70 bits per heavy atom. The minimum atomic E-state index is -0.0997. The summed E-state index contributed by atoms with van der Waals surface area (Å²) < 4.78 is 14.3. The van der Waals surface area contributed by atoms with Crippen molar-refractivity contribution in [3.05, 3.63) is 35.6 Å². The van der Waals surface area contributed by atoms with Gasteiger partial charge in [0.05, 0.1) is 6.04 Å². The van der Waals surface area contributed by atoms with Gasteiger partial charge in [0.2, 0.25) is 0 Å². The number of nitrogens with zero attached hydrogens (tertiary/aromatic N) is 1. The van der Waals surface area contributed by atoms with Crippen LogP contribution in [-0.2, 0) is 0 Å². The summed E-state index contributed by atoms with van der Waals surface area (Å²) in [6.45, 7) is 0. The quantitative estimate of drug-likeness (QED) is 0.844. The Kier molecular flexibility index (Phi) is 5.17. The lowest BCUT2D eigenvalue weighted by atomic mass is 9.78. The minimum absolute atomic E-state index is 0.00738. The van der Waals surface area contributed by atoms with Crippen LogP contribution in [0.25, 0.3) is 0 Å². The van der Waals surface area contributed by atoms with Crippen LogP contribution in [0.2, 0.25) is 0 Å². The fourth-order valence-electron chi connectivity index (χ4n) is 3.76. The van der Waals surface area contributed by atoms with E-state index in [2.05, 4.69) is 24.3 Å². The summed E-state index contributed by atoms with van der Waals surface area (Å²) in [5.41, 5.74) is 0.804. The first kappa shape index (κ1) is 15.5. The van der Waals surface area contributed by atoms with Crippen LogP contribution in [0.1, 0.15) is 50.1 Å². The maximum Gasteiger partial charge on any atom is 0.128 e. The molecule has 0 spiro atoms. The third-order valence-electron chi connectivity index (χ3n) is 4.90. The van der Waals surface area contributed by atoms with Crippen molar-refractivity contribution < 1.29 is 4.39 Å². The first-order valence-corrected chi connectivity index (χ1v) is 7.71. The third kappa shape index (κ3) is 2.89. The zero-order valence-electron chi connectivity index (χ0n) is 13.0. The van der Waals surface area contributed by atoms with Crippen molar-refractivity contribution in [3.63, 3.8) is 0 Å². The van der Waals surface area contributed by atoms with E-state index in [0.717, 1.165) is 18.4 Å². The normalized spacial score (nSPS) is 20.6. The van der Waals surface area contributed by atoms with Crippen LogP contribution in [0.4, 0.5) is 4.39 Å². The molecule has 3 heteroatoms. The predicted octanol–water partition coefficient (Wildman–Crippen LogP) is 3.74. The lowest BCUT2D eigenvalue weighted by Crippen LogP contribution is -2.53. The molecule has 112 valence electrons. The van der Waals surface area contributed by atoms with E-state index >= 15 is 0 Å².